The van der Waals surface area contributed by atoms with Crippen molar-refractivity contribution in [1.82, 2.24) is 47.5 Å². The highest BCUT2D eigenvalue weighted by molar-refractivity contribution is 8.76. The van der Waals surface area contributed by atoms with E-state index in [1.54, 1.807) is 109 Å². The summed E-state index contributed by atoms with van der Waals surface area (Å²) in [5.41, 5.74) is 22.3. The number of aromatic amines is 1. The number of para-hydroxylation sites is 1. The Labute approximate surface area is 522 Å². The van der Waals surface area contributed by atoms with Crippen molar-refractivity contribution in [3.8, 4) is 5.75 Å². The number of carboxylic acid groups (broad SMARTS) is 1. The van der Waals surface area contributed by atoms with Gasteiger partial charge in [0.2, 0.25) is 47.3 Å². The maximum absolute atomic E-state index is 15.2. The molecule has 0 saturated carbocycles. The summed E-state index contributed by atoms with van der Waals surface area (Å²) >= 11 is 0. The molecule has 8 amide bonds. The van der Waals surface area contributed by atoms with Crippen LogP contribution in [-0.2, 0) is 75.3 Å². The smallest absolute Gasteiger partial charge is 0.327 e. The molecule has 1 saturated heterocycles. The lowest BCUT2D eigenvalue weighted by atomic mass is 10.00. The molecule has 89 heavy (non-hydrogen) atoms. The molecule has 1 aliphatic heterocycles. The first kappa shape index (κ1) is 67.6. The monoisotopic (exact) mass is 1260 g/mol. The van der Waals surface area contributed by atoms with Gasteiger partial charge in [0.1, 0.15) is 54.1 Å². The minimum absolute atomic E-state index is 0.0122. The number of hydrogen-bond acceptors (Lipinski definition) is 16. The Morgan fingerprint density at radius 2 is 1.06 bits per heavy atom. The summed E-state index contributed by atoms with van der Waals surface area (Å²) in [6.07, 6.45) is 0.0568. The van der Waals surface area contributed by atoms with Crippen LogP contribution in [0.1, 0.15) is 54.0 Å². The second kappa shape index (κ2) is 33.4. The van der Waals surface area contributed by atoms with Crippen LogP contribution >= 0.6 is 21.6 Å². The van der Waals surface area contributed by atoms with Gasteiger partial charge in [-0.2, -0.15) is 0 Å². The fraction of sp³-hybridized carbons (Fsp3) is 0.349. The number of aromatic hydroxyl groups is 1. The van der Waals surface area contributed by atoms with Gasteiger partial charge in [0.15, 0.2) is 0 Å². The number of aliphatic carboxylic acids is 1. The average Bonchev–Trinajstić information content (AvgIpc) is 3.67. The van der Waals surface area contributed by atoms with Gasteiger partial charge < -0.3 is 80.0 Å². The number of benzene rings is 5. The molecule has 7 rings (SSSR count). The van der Waals surface area contributed by atoms with E-state index < -0.39 is 114 Å². The molecule has 0 unspecified atom stereocenters. The van der Waals surface area contributed by atoms with E-state index in [0.29, 0.717) is 57.2 Å². The van der Waals surface area contributed by atoms with E-state index in [4.69, 9.17) is 17.2 Å². The molecule has 472 valence electrons. The number of nitrogen functional groups attached to an aromatic ring is 1. The van der Waals surface area contributed by atoms with Crippen molar-refractivity contribution in [3.05, 3.63) is 167 Å². The van der Waals surface area contributed by atoms with E-state index in [0.717, 1.165) is 21.6 Å². The summed E-state index contributed by atoms with van der Waals surface area (Å²) in [6, 6.07) is 23.5. The maximum Gasteiger partial charge on any atom is 0.327 e. The van der Waals surface area contributed by atoms with Gasteiger partial charge in [-0.3, -0.25) is 38.4 Å². The molecule has 18 N–H and O–H groups in total. The molecule has 26 heteroatoms. The molecule has 1 fully saturated rings. The lowest BCUT2D eigenvalue weighted by molar-refractivity contribution is -0.141. The van der Waals surface area contributed by atoms with Crippen molar-refractivity contribution in [2.75, 3.05) is 23.8 Å². The zero-order chi connectivity index (χ0) is 64.0. The minimum atomic E-state index is -1.75. The van der Waals surface area contributed by atoms with E-state index in [1.165, 1.54) is 19.1 Å². The van der Waals surface area contributed by atoms with E-state index in [2.05, 4.69) is 47.5 Å². The summed E-state index contributed by atoms with van der Waals surface area (Å²) in [6.45, 7) is 1.45. The van der Waals surface area contributed by atoms with Gasteiger partial charge in [-0.15, -0.1) is 0 Å². The number of aliphatic hydroxyl groups excluding tert-OH is 1. The molecule has 1 aromatic heterocycles. The molecule has 0 radical (unpaired) electrons. The van der Waals surface area contributed by atoms with Crippen molar-refractivity contribution < 1.29 is 58.5 Å². The Morgan fingerprint density at radius 1 is 0.573 bits per heavy atom. The summed E-state index contributed by atoms with van der Waals surface area (Å²) in [5, 5.41) is 53.7. The quantitative estimate of drug-likeness (QED) is 0.0326. The average molecular weight is 1260 g/mol. The Balaban J connectivity index is 1.30. The highest BCUT2D eigenvalue weighted by atomic mass is 33.1. The summed E-state index contributed by atoms with van der Waals surface area (Å²) in [5.74, 6) is -9.19. The van der Waals surface area contributed by atoms with Crippen LogP contribution in [0.25, 0.3) is 10.9 Å². The Hall–Kier alpha value is -8.95. The van der Waals surface area contributed by atoms with Crippen molar-refractivity contribution >= 4 is 91.4 Å². The largest absolute Gasteiger partial charge is 0.508 e. The van der Waals surface area contributed by atoms with Crippen LogP contribution in [0, 0.1) is 0 Å². The number of carbonyl (C=O) groups is 9. The summed E-state index contributed by atoms with van der Waals surface area (Å²) in [4.78, 5) is 133. The number of carbonyl (C=O) groups excluding carboxylic acids is 8. The number of aromatic nitrogens is 1. The first-order chi connectivity index (χ1) is 42.7. The Morgan fingerprint density at radius 3 is 1.63 bits per heavy atom. The lowest BCUT2D eigenvalue weighted by Gasteiger charge is -2.29. The number of phenols is 1. The van der Waals surface area contributed by atoms with Crippen LogP contribution in [0.2, 0.25) is 0 Å². The second-order valence-electron chi connectivity index (χ2n) is 21.7. The minimum Gasteiger partial charge on any atom is -0.508 e. The Kier molecular flexibility index (Phi) is 25.4. The number of fused-ring (bicyclic) bond motifs is 1. The first-order valence-electron chi connectivity index (χ1n) is 29.0. The summed E-state index contributed by atoms with van der Waals surface area (Å²) in [7, 11) is 1.87. The number of amides is 8. The van der Waals surface area contributed by atoms with Crippen molar-refractivity contribution in [2.24, 2.45) is 11.5 Å². The normalized spacial score (nSPS) is 22.2. The number of rotatable bonds is 18. The molecular formula is C63H76N12O12S2. The van der Waals surface area contributed by atoms with Gasteiger partial charge in [0.05, 0.1) is 12.1 Å². The van der Waals surface area contributed by atoms with Gasteiger partial charge >= 0.3 is 5.97 Å². The standard InChI is InChI=1S/C63H76N12O12S2/c1-36(76)54-62(85)72-50(30-38-14-6-3-7-15-38)59(82)74-53(63(86)87)35-89-88-34-52(73-55(78)45(66)28-39-21-25-43(77)26-22-39)61(84)70-48(29-37-12-4-2-5-13-37)57(80)69-49(31-40-19-23-42(65)24-20-40)58(81)71-51(32-41-33-67-46-17-9-8-16-44(41)46)60(83)68-47(56(79)75-54)18-10-11-27-64/h2-9,12-17,19-26,33,36,45,47-54,67,76-77H,10-11,18,27-32,34-35,64-66H2,1H3,(H,68,83)(H,69,80)(H,70,84)(H,71,81)(H,72,85)(H,73,78)(H,74,82)(H,75,79)(H,86,87)/t36-,45+,47+,48+,49+,50+,51+,52+,53+,54+/m1/s1. The highest BCUT2D eigenvalue weighted by Gasteiger charge is 2.37. The predicted molar refractivity (Wildman–Crippen MR) is 339 cm³/mol. The predicted octanol–water partition coefficient (Wildman–Crippen LogP) is 1.16. The van der Waals surface area contributed by atoms with Gasteiger partial charge in [-0.05, 0) is 97.3 Å². The number of phenolic OH excluding ortho intramolecular Hbond substituents is 1. The van der Waals surface area contributed by atoms with E-state index in [1.807, 2.05) is 18.2 Å². The van der Waals surface area contributed by atoms with Crippen LogP contribution in [0.3, 0.4) is 0 Å². The molecule has 24 nitrogen and oxygen atoms in total. The second-order valence-corrected chi connectivity index (χ2v) is 24.3. The number of carboxylic acids is 1. The van der Waals surface area contributed by atoms with E-state index in [-0.39, 0.29) is 62.3 Å². The topological polar surface area (TPSA) is 404 Å². The highest BCUT2D eigenvalue weighted by Crippen LogP contribution is 2.25. The molecular weight excluding hydrogens is 1180 g/mol. The van der Waals surface area contributed by atoms with Gasteiger partial charge in [-0.25, -0.2) is 4.79 Å². The number of anilines is 1. The van der Waals surface area contributed by atoms with Gasteiger partial charge in [0.25, 0.3) is 0 Å². The van der Waals surface area contributed by atoms with Crippen LogP contribution in [0.5, 0.6) is 5.75 Å². The van der Waals surface area contributed by atoms with Crippen molar-refractivity contribution in [3.63, 3.8) is 0 Å². The number of H-pyrrole nitrogens is 1. The van der Waals surface area contributed by atoms with Crippen LogP contribution in [0.4, 0.5) is 5.69 Å². The fourth-order valence-electron chi connectivity index (χ4n) is 9.84. The third-order valence-electron chi connectivity index (χ3n) is 14.8. The molecule has 6 aromatic rings. The molecule has 10 atom stereocenters. The third kappa shape index (κ3) is 20.6. The van der Waals surface area contributed by atoms with Crippen LogP contribution < -0.4 is 59.7 Å². The Bertz CT molecular complexity index is 3380. The zero-order valence-electron chi connectivity index (χ0n) is 48.9. The fourth-order valence-corrected chi connectivity index (χ4v) is 12.2. The maximum atomic E-state index is 15.2. The first-order valence-corrected chi connectivity index (χ1v) is 31.5. The van der Waals surface area contributed by atoms with Gasteiger partial charge in [-0.1, -0.05) is 125 Å². The van der Waals surface area contributed by atoms with Crippen molar-refractivity contribution in [1.29, 1.82) is 0 Å². The SMILES string of the molecule is C[C@@H](O)[C@@H]1NC(=O)[C@H](CCCCN)NC(=O)[C@H](Cc2c[nH]c3ccccc23)NC(=O)[C@H](Cc2ccc(N)cc2)NC(=O)[C@H](Cc2ccccc2)NC(=O)[C@@H](NC(=O)[C@@H](N)Cc2ccc(O)cc2)CSSC[C@@H](C(=O)O)NC(=O)[C@H](Cc2ccccc2)NC1=O. The number of unbranched alkanes of at least 4 members (excludes halogenated alkanes) is 1. The van der Waals surface area contributed by atoms with E-state index in [9.17, 15) is 44.1 Å². The third-order valence-corrected chi connectivity index (χ3v) is 17.2. The summed E-state index contributed by atoms with van der Waals surface area (Å²) < 4.78 is 0. The van der Waals surface area contributed by atoms with Crippen LogP contribution in [-0.4, -0.2) is 152 Å². The number of nitrogens with two attached hydrogens (primary N) is 3. The molecule has 1 aliphatic rings. The van der Waals surface area contributed by atoms with Gasteiger partial charge in [0, 0.05) is 60.0 Å². The number of nitrogens with one attached hydrogen (secondary N) is 9. The zero-order valence-corrected chi connectivity index (χ0v) is 50.5. The molecule has 0 spiro atoms. The molecule has 0 bridgehead atoms. The van der Waals surface area contributed by atoms with Crippen LogP contribution in [0.15, 0.2) is 140 Å². The number of aliphatic hydroxyl groups is 1. The lowest BCUT2D eigenvalue weighted by Crippen LogP contribution is -2.62. The molecule has 2 heterocycles. The molecule has 0 aliphatic carbocycles. The van der Waals surface area contributed by atoms with Crippen molar-refractivity contribution in [2.45, 2.75) is 119 Å². The number of hydrogen-bond donors (Lipinski definition) is 15. The van der Waals surface area contributed by atoms with E-state index >= 15 is 14.4 Å². The molecule has 5 aromatic carbocycles.